The Bertz CT molecular complexity index is 4210. The molecule has 6 aliphatic heterocycles. The number of anilines is 6. The lowest BCUT2D eigenvalue weighted by atomic mass is 9.85. The summed E-state index contributed by atoms with van der Waals surface area (Å²) in [5.74, 6) is -1.64. The molecule has 7 fully saturated rings. The van der Waals surface area contributed by atoms with Crippen LogP contribution in [0.2, 0.25) is 0 Å². The Balaban J connectivity index is 0.513. The summed E-state index contributed by atoms with van der Waals surface area (Å²) in [5.41, 5.74) is 3.12. The maximum Gasteiger partial charge on any atom is 0.325 e. The molecule has 0 bridgehead atoms. The normalized spacial score (nSPS) is 24.0. The molecular formula is C75H84F4N14O9. The van der Waals surface area contributed by atoms with Crippen LogP contribution in [0.25, 0.3) is 0 Å². The van der Waals surface area contributed by atoms with Gasteiger partial charge in [-0.15, -0.1) is 0 Å². The van der Waals surface area contributed by atoms with Gasteiger partial charge in [-0.2, -0.15) is 10.2 Å². The molecule has 102 heavy (non-hydrogen) atoms. The van der Waals surface area contributed by atoms with Crippen LogP contribution >= 0.6 is 0 Å². The molecule has 6 saturated heterocycles. The summed E-state index contributed by atoms with van der Waals surface area (Å²) in [4.78, 5) is 53.9. The fourth-order valence-electron chi connectivity index (χ4n) is 15.8. The molecule has 2 aromatic heterocycles. The quantitative estimate of drug-likeness (QED) is 0.0560. The predicted octanol–water partition coefficient (Wildman–Crippen LogP) is 10.0. The first kappa shape index (κ1) is 68.2. The number of aliphatic hydroxyl groups is 1. The standard InChI is InChI=1S/C75H84F4N14O9/c1-50(2)92-60(38-90(71(92)95)58-11-7-54(8-12-58)84-27-31-86(32-28-84)56-15-19-61(20-16-56)97-40-69-99-44-74(101-69,42-88-48-80-46-82-88)63-23-5-52(76)35-65(63)78)37-68(94)73(25-26-73)67-39-91(72(96)93(67)51(3)4)59-13-9-55(10-14-59)85-29-33-87(34-30-85)57-17-21-62(22-18-57)98-41-70-100-45-75(102-70,43-89-49-81-47-83-89)64-24-6-53(77)36-66(64)79/h5-24,35-36,46-51,60,67-70,94H,25-34,37-45H2,1-4H3/t60?,67?,68?,69-,70-,74+,75+/m0/s1. The van der Waals surface area contributed by atoms with Gasteiger partial charge in [0.2, 0.25) is 0 Å². The number of aromatic nitrogens is 6. The fourth-order valence-corrected chi connectivity index (χ4v) is 15.8. The van der Waals surface area contributed by atoms with Crippen LogP contribution in [0.4, 0.5) is 61.3 Å². The molecule has 7 aliphatic rings. The highest BCUT2D eigenvalue weighted by Crippen LogP contribution is 2.57. The van der Waals surface area contributed by atoms with Crippen molar-refractivity contribution in [3.63, 3.8) is 0 Å². The number of urea groups is 2. The molecule has 4 amide bonds. The largest absolute Gasteiger partial charge is 0.488 e. The first-order chi connectivity index (χ1) is 49.4. The van der Waals surface area contributed by atoms with Gasteiger partial charge in [0.05, 0.1) is 44.5 Å². The topological polar surface area (TPSA) is 197 Å². The van der Waals surface area contributed by atoms with Gasteiger partial charge in [-0.25, -0.2) is 46.5 Å². The molecule has 1 saturated carbocycles. The maximum absolute atomic E-state index is 15.2. The third kappa shape index (κ3) is 13.7. The summed E-state index contributed by atoms with van der Waals surface area (Å²) in [6.07, 6.45) is 5.32. The van der Waals surface area contributed by atoms with E-state index in [2.05, 4.69) is 64.0 Å². The number of ether oxygens (including phenoxy) is 6. The number of aliphatic hydroxyl groups excluding tert-OH is 1. The average molecular weight is 1400 g/mol. The number of hydrogen-bond acceptors (Lipinski definition) is 17. The van der Waals surface area contributed by atoms with E-state index in [1.807, 2.05) is 120 Å². The first-order valence-electron chi connectivity index (χ1n) is 35.1. The van der Waals surface area contributed by atoms with Crippen molar-refractivity contribution in [1.29, 1.82) is 0 Å². The Hall–Kier alpha value is -9.54. The van der Waals surface area contributed by atoms with E-state index < -0.39 is 58.6 Å². The molecule has 1 N–H and O–H groups in total. The number of nitrogens with zero attached hydrogens (tertiary/aromatic N) is 14. The Labute approximate surface area is 589 Å². The molecule has 536 valence electrons. The highest BCUT2D eigenvalue weighted by atomic mass is 19.1. The Kier molecular flexibility index (Phi) is 19.0. The van der Waals surface area contributed by atoms with Crippen LogP contribution in [0.1, 0.15) is 58.1 Å². The zero-order chi connectivity index (χ0) is 70.4. The highest BCUT2D eigenvalue weighted by Gasteiger charge is 2.62. The predicted molar refractivity (Wildman–Crippen MR) is 373 cm³/mol. The molecule has 15 rings (SSSR count). The van der Waals surface area contributed by atoms with E-state index in [4.69, 9.17) is 28.4 Å². The lowest BCUT2D eigenvalue weighted by Gasteiger charge is -2.37. The molecule has 7 atom stereocenters. The summed E-state index contributed by atoms with van der Waals surface area (Å²) in [7, 11) is 0. The Morgan fingerprint density at radius 3 is 1.26 bits per heavy atom. The second kappa shape index (κ2) is 28.4. The van der Waals surface area contributed by atoms with E-state index in [0.29, 0.717) is 31.0 Å². The van der Waals surface area contributed by atoms with E-state index in [-0.39, 0.29) is 86.9 Å². The molecule has 0 radical (unpaired) electrons. The van der Waals surface area contributed by atoms with Crippen LogP contribution in [0.5, 0.6) is 11.5 Å². The number of amides is 4. The van der Waals surface area contributed by atoms with Gasteiger partial charge in [0, 0.05) is 140 Å². The van der Waals surface area contributed by atoms with Gasteiger partial charge in [-0.05, 0) is 156 Å². The summed E-state index contributed by atoms with van der Waals surface area (Å²) in [6, 6.07) is 38.1. The number of piperazine rings is 2. The number of hydrogen-bond donors (Lipinski definition) is 1. The van der Waals surface area contributed by atoms with Gasteiger partial charge in [-0.3, -0.25) is 9.80 Å². The Morgan fingerprint density at radius 1 is 0.510 bits per heavy atom. The van der Waals surface area contributed by atoms with Crippen molar-refractivity contribution >= 4 is 46.2 Å². The molecule has 23 nitrogen and oxygen atoms in total. The van der Waals surface area contributed by atoms with E-state index in [1.165, 1.54) is 58.9 Å². The summed E-state index contributed by atoms with van der Waals surface area (Å²) in [6.45, 7) is 15.6. The number of benzene rings is 6. The first-order valence-corrected chi connectivity index (χ1v) is 35.1. The molecule has 0 spiro atoms. The summed E-state index contributed by atoms with van der Waals surface area (Å²) in [5, 5.41) is 20.8. The Morgan fingerprint density at radius 2 is 0.892 bits per heavy atom. The average Bonchev–Trinajstić information content (AvgIpc) is 1.56. The number of halogens is 4. The van der Waals surface area contributed by atoms with Gasteiger partial charge >= 0.3 is 12.1 Å². The number of rotatable bonds is 24. The van der Waals surface area contributed by atoms with Crippen molar-refractivity contribution in [2.24, 2.45) is 5.41 Å². The minimum absolute atomic E-state index is 0.0000467. The lowest BCUT2D eigenvalue weighted by molar-refractivity contribution is -0.117. The van der Waals surface area contributed by atoms with Gasteiger partial charge in [0.15, 0.2) is 12.6 Å². The van der Waals surface area contributed by atoms with E-state index in [0.717, 1.165) is 111 Å². The van der Waals surface area contributed by atoms with Crippen molar-refractivity contribution < 1.29 is 60.7 Å². The van der Waals surface area contributed by atoms with Crippen LogP contribution < -0.4 is 38.9 Å². The molecule has 8 aromatic rings. The zero-order valence-corrected chi connectivity index (χ0v) is 57.5. The van der Waals surface area contributed by atoms with Crippen molar-refractivity contribution in [2.45, 2.75) is 114 Å². The SMILES string of the molecule is CC(C)N1C(=O)N(c2ccc(N3CCN(c4ccc(OC[C@H]5OC[C@](Cn6cncn6)(c6ccc(F)cc6F)O5)cc4)CC3)cc2)CC1CC(O)C1(C2CN(c3ccc(N4CCN(c5ccc(OC[C@H]6OC[C@](Cn7cncn7)(c7ccc(F)cc7F)O6)cc5)CC4)cc3)C(=O)N2C(C)C)CC1. The van der Waals surface area contributed by atoms with Crippen LogP contribution in [-0.4, -0.2) is 191 Å². The third-order valence-corrected chi connectivity index (χ3v) is 21.3. The fraction of sp³-hybridized carbons (Fsp3) is 0.440. The minimum Gasteiger partial charge on any atom is -0.488 e. The van der Waals surface area contributed by atoms with Crippen LogP contribution in [0.3, 0.4) is 0 Å². The molecular weight excluding hydrogens is 1320 g/mol. The van der Waals surface area contributed by atoms with Crippen molar-refractivity contribution in [3.05, 3.63) is 193 Å². The van der Waals surface area contributed by atoms with Gasteiger partial charge in [0.1, 0.15) is 84.5 Å². The molecule has 1 aliphatic carbocycles. The third-order valence-electron chi connectivity index (χ3n) is 21.3. The summed E-state index contributed by atoms with van der Waals surface area (Å²) < 4.78 is 97.9. The van der Waals surface area contributed by atoms with Crippen molar-refractivity contribution in [1.82, 2.24) is 39.3 Å². The minimum atomic E-state index is -1.28. The van der Waals surface area contributed by atoms with Gasteiger partial charge < -0.3 is 62.9 Å². The van der Waals surface area contributed by atoms with Gasteiger partial charge in [0.25, 0.3) is 0 Å². The number of carbonyl (C=O) groups is 2. The molecule has 3 unspecified atom stereocenters. The van der Waals surface area contributed by atoms with Crippen molar-refractivity contribution in [2.75, 3.05) is 121 Å². The van der Waals surface area contributed by atoms with Crippen LogP contribution in [0.15, 0.2) is 159 Å². The van der Waals surface area contributed by atoms with Crippen molar-refractivity contribution in [3.8, 4) is 11.5 Å². The maximum atomic E-state index is 15.2. The zero-order valence-electron chi connectivity index (χ0n) is 57.5. The molecule has 6 aromatic carbocycles. The van der Waals surface area contributed by atoms with Gasteiger partial charge in [-0.1, -0.05) is 12.1 Å². The molecule has 8 heterocycles. The van der Waals surface area contributed by atoms with Crippen LogP contribution in [-0.2, 0) is 43.2 Å². The lowest BCUT2D eigenvalue weighted by Crippen LogP contribution is -2.50. The van der Waals surface area contributed by atoms with E-state index in [9.17, 15) is 23.5 Å². The van der Waals surface area contributed by atoms with E-state index in [1.54, 1.807) is 0 Å². The molecule has 27 heteroatoms. The summed E-state index contributed by atoms with van der Waals surface area (Å²) >= 11 is 0. The monoisotopic (exact) mass is 1400 g/mol. The highest BCUT2D eigenvalue weighted by molar-refractivity contribution is 5.96. The number of carbonyl (C=O) groups excluding carboxylic acids is 2. The van der Waals surface area contributed by atoms with Crippen LogP contribution in [0, 0.1) is 28.7 Å². The second-order valence-corrected chi connectivity index (χ2v) is 28.2. The van der Waals surface area contributed by atoms with E-state index >= 15 is 8.78 Å². The smallest absolute Gasteiger partial charge is 0.325 e. The second-order valence-electron chi connectivity index (χ2n) is 28.2.